The lowest BCUT2D eigenvalue weighted by atomic mass is 10.1. The van der Waals surface area contributed by atoms with Gasteiger partial charge in [-0.2, -0.15) is 0 Å². The molecule has 0 aromatic rings. The van der Waals surface area contributed by atoms with Crippen molar-refractivity contribution in [3.05, 3.63) is 12.2 Å². The van der Waals surface area contributed by atoms with E-state index in [-0.39, 0.29) is 18.3 Å². The third-order valence-electron chi connectivity index (χ3n) is 2.90. The Morgan fingerprint density at radius 1 is 1.22 bits per heavy atom. The average molecular weight is 258 g/mol. The molecule has 0 amide bonds. The molecule has 0 saturated carbocycles. The van der Waals surface area contributed by atoms with Gasteiger partial charge in [-0.15, -0.1) is 0 Å². The fourth-order valence-corrected chi connectivity index (χ4v) is 2.18. The molecule has 102 valence electrons. The maximum absolute atomic E-state index is 11.1. The van der Waals surface area contributed by atoms with Gasteiger partial charge in [-0.3, -0.25) is 0 Å². The highest BCUT2D eigenvalue weighted by molar-refractivity contribution is 5.81. The van der Waals surface area contributed by atoms with Crippen LogP contribution in [0.4, 0.5) is 0 Å². The summed E-state index contributed by atoms with van der Waals surface area (Å²) in [7, 11) is 2.87. The minimum absolute atomic E-state index is 0.286. The Labute approximate surface area is 106 Å². The van der Waals surface area contributed by atoms with E-state index in [1.165, 1.54) is 13.2 Å². The third-order valence-corrected chi connectivity index (χ3v) is 2.90. The van der Waals surface area contributed by atoms with E-state index in [1.54, 1.807) is 13.2 Å². The largest absolute Gasteiger partial charge is 0.466 e. The molecule has 2 saturated heterocycles. The van der Waals surface area contributed by atoms with Gasteiger partial charge in [-0.05, 0) is 19.9 Å². The van der Waals surface area contributed by atoms with Gasteiger partial charge in [0.25, 0.3) is 0 Å². The first-order valence-electron chi connectivity index (χ1n) is 5.77. The van der Waals surface area contributed by atoms with Crippen molar-refractivity contribution in [1.29, 1.82) is 0 Å². The lowest BCUT2D eigenvalue weighted by Gasteiger charge is -2.22. The zero-order chi connectivity index (χ0) is 13.3. The molecule has 18 heavy (non-hydrogen) atoms. The second-order valence-electron chi connectivity index (χ2n) is 4.65. The number of ether oxygens (including phenoxy) is 5. The van der Waals surface area contributed by atoms with E-state index in [0.717, 1.165) is 0 Å². The minimum Gasteiger partial charge on any atom is -0.466 e. The summed E-state index contributed by atoms with van der Waals surface area (Å²) in [5, 5.41) is 0. The molecule has 6 nitrogen and oxygen atoms in total. The van der Waals surface area contributed by atoms with Crippen molar-refractivity contribution < 1.29 is 28.5 Å². The number of methoxy groups -OCH3 is 2. The Balaban J connectivity index is 2.09. The lowest BCUT2D eigenvalue weighted by Crippen LogP contribution is -2.30. The summed E-state index contributed by atoms with van der Waals surface area (Å²) in [6.07, 6.45) is 1.45. The van der Waals surface area contributed by atoms with E-state index in [4.69, 9.17) is 18.9 Å². The molecule has 0 bridgehead atoms. The van der Waals surface area contributed by atoms with Crippen LogP contribution in [0.15, 0.2) is 12.2 Å². The number of carbonyl (C=O) groups is 1. The van der Waals surface area contributed by atoms with Crippen LogP contribution in [0.1, 0.15) is 13.8 Å². The molecule has 2 aliphatic heterocycles. The molecule has 0 unspecified atom stereocenters. The van der Waals surface area contributed by atoms with E-state index in [0.29, 0.717) is 0 Å². The van der Waals surface area contributed by atoms with Crippen molar-refractivity contribution in [1.82, 2.24) is 0 Å². The highest BCUT2D eigenvalue weighted by Crippen LogP contribution is 2.39. The standard InChI is InChI=1S/C12H18O6/c1-12(2)17-9-7(5-6-8(13)14-3)16-11(15-4)10(9)18-12/h5-7,9-11H,1-4H3/b6-5-/t7-,9-,10-,11-/m1/s1. The van der Waals surface area contributed by atoms with Gasteiger partial charge in [0, 0.05) is 13.2 Å². The summed E-state index contributed by atoms with van der Waals surface area (Å²) in [6.45, 7) is 3.66. The van der Waals surface area contributed by atoms with Gasteiger partial charge < -0.3 is 23.7 Å². The quantitative estimate of drug-likeness (QED) is 0.546. The molecular formula is C12H18O6. The first-order valence-corrected chi connectivity index (χ1v) is 5.77. The molecule has 0 radical (unpaired) electrons. The van der Waals surface area contributed by atoms with Crippen LogP contribution in [0.3, 0.4) is 0 Å². The minimum atomic E-state index is -0.673. The van der Waals surface area contributed by atoms with Gasteiger partial charge in [0.2, 0.25) is 0 Å². The first-order chi connectivity index (χ1) is 8.46. The predicted octanol–water partition coefficient (Wildman–Crippen LogP) is 0.607. The van der Waals surface area contributed by atoms with Crippen molar-refractivity contribution in [2.75, 3.05) is 14.2 Å². The van der Waals surface area contributed by atoms with Crippen LogP contribution in [0.2, 0.25) is 0 Å². The molecule has 2 heterocycles. The second kappa shape index (κ2) is 4.97. The number of rotatable bonds is 3. The van der Waals surface area contributed by atoms with E-state index >= 15 is 0 Å². The summed E-state index contributed by atoms with van der Waals surface area (Å²) in [5.41, 5.74) is 0. The Kier molecular flexibility index (Phi) is 3.72. The smallest absolute Gasteiger partial charge is 0.330 e. The van der Waals surface area contributed by atoms with Crippen molar-refractivity contribution in [3.63, 3.8) is 0 Å². The lowest BCUT2D eigenvalue weighted by molar-refractivity contribution is -0.221. The number of esters is 1. The highest BCUT2D eigenvalue weighted by Gasteiger charge is 2.54. The number of fused-ring (bicyclic) bond motifs is 1. The number of carbonyl (C=O) groups excluding carboxylic acids is 1. The van der Waals surface area contributed by atoms with Crippen molar-refractivity contribution >= 4 is 5.97 Å². The molecule has 2 rings (SSSR count). The van der Waals surface area contributed by atoms with Gasteiger partial charge in [-0.1, -0.05) is 0 Å². The highest BCUT2D eigenvalue weighted by atomic mass is 16.8. The molecule has 0 aromatic heterocycles. The zero-order valence-corrected chi connectivity index (χ0v) is 10.9. The fourth-order valence-electron chi connectivity index (χ4n) is 2.18. The third kappa shape index (κ3) is 2.56. The molecule has 2 fully saturated rings. The Morgan fingerprint density at radius 3 is 2.50 bits per heavy atom. The average Bonchev–Trinajstić information content (AvgIpc) is 2.79. The molecule has 0 spiro atoms. The maximum atomic E-state index is 11.1. The molecule has 0 aliphatic carbocycles. The van der Waals surface area contributed by atoms with E-state index < -0.39 is 18.0 Å². The Morgan fingerprint density at radius 2 is 1.89 bits per heavy atom. The maximum Gasteiger partial charge on any atom is 0.330 e. The van der Waals surface area contributed by atoms with Crippen LogP contribution in [-0.2, 0) is 28.5 Å². The zero-order valence-electron chi connectivity index (χ0n) is 10.9. The summed E-state index contributed by atoms with van der Waals surface area (Å²) in [4.78, 5) is 11.1. The van der Waals surface area contributed by atoms with Crippen molar-refractivity contribution in [2.24, 2.45) is 0 Å². The summed E-state index contributed by atoms with van der Waals surface area (Å²) < 4.78 is 26.8. The Bertz CT molecular complexity index is 350. The SMILES string of the molecule is COC(=O)/C=C\[C@H]1O[C@@H](OC)[C@@H]2OC(C)(C)O[C@@H]21. The fraction of sp³-hybridized carbons (Fsp3) is 0.750. The summed E-state index contributed by atoms with van der Waals surface area (Å²) in [5.74, 6) is -1.11. The number of hydrogen-bond acceptors (Lipinski definition) is 6. The van der Waals surface area contributed by atoms with Crippen molar-refractivity contribution in [2.45, 2.75) is 44.2 Å². The predicted molar refractivity (Wildman–Crippen MR) is 60.7 cm³/mol. The van der Waals surface area contributed by atoms with Gasteiger partial charge in [-0.25, -0.2) is 4.79 Å². The van der Waals surface area contributed by atoms with Gasteiger partial charge in [0.05, 0.1) is 7.11 Å². The molecular weight excluding hydrogens is 240 g/mol. The van der Waals surface area contributed by atoms with Gasteiger partial charge in [0.15, 0.2) is 12.1 Å². The van der Waals surface area contributed by atoms with E-state index in [9.17, 15) is 4.79 Å². The summed E-state index contributed by atoms with van der Waals surface area (Å²) >= 11 is 0. The molecule has 0 aromatic carbocycles. The van der Waals surface area contributed by atoms with Gasteiger partial charge in [0.1, 0.15) is 18.3 Å². The van der Waals surface area contributed by atoms with Crippen LogP contribution in [0.5, 0.6) is 0 Å². The van der Waals surface area contributed by atoms with Gasteiger partial charge >= 0.3 is 5.97 Å². The van der Waals surface area contributed by atoms with E-state index in [1.807, 2.05) is 13.8 Å². The van der Waals surface area contributed by atoms with E-state index in [2.05, 4.69) is 4.74 Å². The normalized spacial score (nSPS) is 38.0. The van der Waals surface area contributed by atoms with Crippen LogP contribution in [0, 0.1) is 0 Å². The van der Waals surface area contributed by atoms with Crippen LogP contribution in [-0.4, -0.2) is 50.6 Å². The van der Waals surface area contributed by atoms with Crippen LogP contribution in [0.25, 0.3) is 0 Å². The second-order valence-corrected chi connectivity index (χ2v) is 4.65. The van der Waals surface area contributed by atoms with Crippen molar-refractivity contribution in [3.8, 4) is 0 Å². The molecule has 4 atom stereocenters. The molecule has 0 N–H and O–H groups in total. The monoisotopic (exact) mass is 258 g/mol. The summed E-state index contributed by atoms with van der Waals surface area (Å²) in [6, 6.07) is 0. The first kappa shape index (κ1) is 13.5. The number of hydrogen-bond donors (Lipinski definition) is 0. The Hall–Kier alpha value is -0.950. The topological polar surface area (TPSA) is 63.2 Å². The molecule has 2 aliphatic rings. The van der Waals surface area contributed by atoms with Crippen LogP contribution >= 0.6 is 0 Å². The molecule has 6 heteroatoms. The van der Waals surface area contributed by atoms with Crippen LogP contribution < -0.4 is 0 Å².